The second-order valence-electron chi connectivity index (χ2n) is 8.22. The van der Waals surface area contributed by atoms with Crippen LogP contribution in [0, 0.1) is 13.8 Å². The highest BCUT2D eigenvalue weighted by molar-refractivity contribution is 7.16. The Morgan fingerprint density at radius 2 is 1.87 bits per heavy atom. The fraction of sp³-hybridized carbons (Fsp3) is 0.308. The molecule has 4 nitrogen and oxygen atoms in total. The number of hydrogen-bond donors (Lipinski definition) is 2. The average Bonchev–Trinajstić information content (AvgIpc) is 3.05. The van der Waals surface area contributed by atoms with E-state index in [4.69, 9.17) is 4.99 Å². The Morgan fingerprint density at radius 3 is 2.68 bits per heavy atom. The van der Waals surface area contributed by atoms with Crippen molar-refractivity contribution in [2.75, 3.05) is 5.32 Å². The van der Waals surface area contributed by atoms with Gasteiger partial charge in [-0.2, -0.15) is 0 Å². The lowest BCUT2D eigenvalue weighted by Gasteiger charge is -2.13. The molecular weight excluding hydrogens is 404 g/mol. The van der Waals surface area contributed by atoms with Gasteiger partial charge >= 0.3 is 0 Å². The minimum atomic E-state index is -0.0881. The summed E-state index contributed by atoms with van der Waals surface area (Å²) in [4.78, 5) is 19.5. The van der Waals surface area contributed by atoms with E-state index < -0.39 is 0 Å². The number of amides is 1. The Balaban J connectivity index is 1.73. The summed E-state index contributed by atoms with van der Waals surface area (Å²) in [6, 6.07) is 13.1. The smallest absolute Gasteiger partial charge is 0.259 e. The van der Waals surface area contributed by atoms with E-state index in [1.165, 1.54) is 17.7 Å². The van der Waals surface area contributed by atoms with Crippen LogP contribution in [0.4, 0.5) is 10.7 Å². The Labute approximate surface area is 187 Å². The van der Waals surface area contributed by atoms with Crippen LogP contribution >= 0.6 is 11.3 Å². The standard InChI is InChI=1S/C26H28N2O2S/c1-17-12-13-18(2)22(14-17)28-25(30)24-21-10-5-3-4-6-11-23(21)31-26(24)27-16-19-8-7-9-20(29)15-19/h7-9,12-16,29H,3-6,10-11H2,1-2H3,(H,28,30). The fourth-order valence-corrected chi connectivity index (χ4v) is 5.25. The third-order valence-electron chi connectivity index (χ3n) is 5.72. The number of nitrogens with zero attached hydrogens (tertiary/aromatic N) is 1. The molecule has 3 aromatic rings. The monoisotopic (exact) mass is 432 g/mol. The highest BCUT2D eigenvalue weighted by Gasteiger charge is 2.24. The number of thiophene rings is 1. The summed E-state index contributed by atoms with van der Waals surface area (Å²) in [7, 11) is 0. The number of aryl methyl sites for hydroxylation is 3. The maximum atomic E-state index is 13.5. The van der Waals surface area contributed by atoms with Crippen molar-refractivity contribution in [1.82, 2.24) is 0 Å². The van der Waals surface area contributed by atoms with E-state index in [0.717, 1.165) is 58.6 Å². The van der Waals surface area contributed by atoms with Gasteiger partial charge in [-0.25, -0.2) is 4.99 Å². The first-order valence-corrected chi connectivity index (χ1v) is 11.7. The number of fused-ring (bicyclic) bond motifs is 1. The molecule has 0 saturated carbocycles. The van der Waals surface area contributed by atoms with E-state index in [9.17, 15) is 9.90 Å². The molecule has 0 fully saturated rings. The van der Waals surface area contributed by atoms with Crippen molar-refractivity contribution in [3.8, 4) is 5.75 Å². The summed E-state index contributed by atoms with van der Waals surface area (Å²) >= 11 is 1.63. The third-order valence-corrected chi connectivity index (χ3v) is 6.92. The zero-order chi connectivity index (χ0) is 21.8. The number of nitrogens with one attached hydrogen (secondary N) is 1. The summed E-state index contributed by atoms with van der Waals surface area (Å²) in [5.41, 5.74) is 5.68. The number of phenols is 1. The summed E-state index contributed by atoms with van der Waals surface area (Å²) in [5, 5.41) is 13.6. The highest BCUT2D eigenvalue weighted by Crippen LogP contribution is 2.39. The van der Waals surface area contributed by atoms with Crippen LogP contribution in [0.25, 0.3) is 0 Å². The van der Waals surface area contributed by atoms with Gasteiger partial charge in [-0.3, -0.25) is 4.79 Å². The lowest BCUT2D eigenvalue weighted by Crippen LogP contribution is -2.15. The molecule has 0 atom stereocenters. The molecule has 0 aliphatic heterocycles. The molecule has 0 saturated heterocycles. The molecule has 0 radical (unpaired) electrons. The Kier molecular flexibility index (Phi) is 6.52. The van der Waals surface area contributed by atoms with Crippen molar-refractivity contribution in [1.29, 1.82) is 0 Å². The minimum Gasteiger partial charge on any atom is -0.508 e. The van der Waals surface area contributed by atoms with Gasteiger partial charge in [-0.05, 0) is 80.0 Å². The van der Waals surface area contributed by atoms with Gasteiger partial charge in [-0.1, -0.05) is 37.1 Å². The minimum absolute atomic E-state index is 0.0881. The first-order chi connectivity index (χ1) is 15.0. The maximum Gasteiger partial charge on any atom is 0.259 e. The highest BCUT2D eigenvalue weighted by atomic mass is 32.1. The molecule has 1 aliphatic rings. The molecule has 2 N–H and O–H groups in total. The van der Waals surface area contributed by atoms with Gasteiger partial charge in [0.25, 0.3) is 5.91 Å². The number of rotatable bonds is 4. The molecular formula is C26H28N2O2S. The van der Waals surface area contributed by atoms with E-state index in [1.54, 1.807) is 35.8 Å². The zero-order valence-electron chi connectivity index (χ0n) is 18.1. The van der Waals surface area contributed by atoms with Crippen LogP contribution in [-0.2, 0) is 12.8 Å². The van der Waals surface area contributed by atoms with Crippen molar-refractivity contribution in [3.05, 3.63) is 75.2 Å². The molecule has 2 aromatic carbocycles. The van der Waals surface area contributed by atoms with Crippen LogP contribution in [0.2, 0.25) is 0 Å². The predicted octanol–water partition coefficient (Wildman–Crippen LogP) is 6.73. The van der Waals surface area contributed by atoms with E-state index in [-0.39, 0.29) is 11.7 Å². The van der Waals surface area contributed by atoms with Crippen LogP contribution in [0.3, 0.4) is 0 Å². The first kappa shape index (κ1) is 21.3. The summed E-state index contributed by atoms with van der Waals surface area (Å²) in [6.07, 6.45) is 8.35. The first-order valence-electron chi connectivity index (χ1n) is 10.9. The van der Waals surface area contributed by atoms with Gasteiger partial charge in [0.1, 0.15) is 10.8 Å². The van der Waals surface area contributed by atoms with Crippen LogP contribution in [0.15, 0.2) is 47.5 Å². The topological polar surface area (TPSA) is 61.7 Å². The molecule has 1 aliphatic carbocycles. The van der Waals surface area contributed by atoms with E-state index in [0.29, 0.717) is 5.56 Å². The number of aliphatic imine (C=N–C) groups is 1. The molecule has 4 rings (SSSR count). The molecule has 0 bridgehead atoms. The Hall–Kier alpha value is -2.92. The maximum absolute atomic E-state index is 13.5. The van der Waals surface area contributed by atoms with Gasteiger partial charge < -0.3 is 10.4 Å². The fourth-order valence-electron chi connectivity index (χ4n) is 4.02. The normalized spacial score (nSPS) is 14.1. The summed E-state index contributed by atoms with van der Waals surface area (Å²) < 4.78 is 0. The van der Waals surface area contributed by atoms with Crippen LogP contribution < -0.4 is 5.32 Å². The SMILES string of the molecule is Cc1ccc(C)c(NC(=O)c2c(N=Cc3cccc(O)c3)sc3c2CCCCCC3)c1. The largest absolute Gasteiger partial charge is 0.508 e. The quantitative estimate of drug-likeness (QED) is 0.449. The molecule has 1 amide bonds. The lowest BCUT2D eigenvalue weighted by atomic mass is 9.96. The second-order valence-corrected chi connectivity index (χ2v) is 9.31. The number of phenolic OH excluding ortho intramolecular Hbond substituents is 1. The Bertz CT molecular complexity index is 1130. The van der Waals surface area contributed by atoms with Gasteiger partial charge in [0, 0.05) is 16.8 Å². The van der Waals surface area contributed by atoms with Crippen molar-refractivity contribution in [3.63, 3.8) is 0 Å². The number of carbonyl (C=O) groups excluding carboxylic acids is 1. The second kappa shape index (κ2) is 9.48. The zero-order valence-corrected chi connectivity index (χ0v) is 18.9. The van der Waals surface area contributed by atoms with E-state index >= 15 is 0 Å². The van der Waals surface area contributed by atoms with Gasteiger partial charge in [0.15, 0.2) is 0 Å². The number of aromatic hydroxyl groups is 1. The van der Waals surface area contributed by atoms with Gasteiger partial charge in [0.2, 0.25) is 0 Å². The number of anilines is 1. The third kappa shape index (κ3) is 5.05. The molecule has 5 heteroatoms. The lowest BCUT2D eigenvalue weighted by molar-refractivity contribution is 0.102. The molecule has 31 heavy (non-hydrogen) atoms. The van der Waals surface area contributed by atoms with Crippen LogP contribution in [-0.4, -0.2) is 17.2 Å². The molecule has 1 aromatic heterocycles. The van der Waals surface area contributed by atoms with Crippen LogP contribution in [0.1, 0.15) is 63.2 Å². The molecule has 0 unspecified atom stereocenters. The average molecular weight is 433 g/mol. The molecule has 1 heterocycles. The van der Waals surface area contributed by atoms with Crippen molar-refractivity contribution >= 4 is 34.1 Å². The van der Waals surface area contributed by atoms with Crippen LogP contribution in [0.5, 0.6) is 5.75 Å². The number of hydrogen-bond acceptors (Lipinski definition) is 4. The van der Waals surface area contributed by atoms with Crippen molar-refractivity contribution in [2.45, 2.75) is 52.4 Å². The number of carbonyl (C=O) groups is 1. The van der Waals surface area contributed by atoms with Crippen molar-refractivity contribution < 1.29 is 9.90 Å². The molecule has 0 spiro atoms. The number of benzene rings is 2. The van der Waals surface area contributed by atoms with Gasteiger partial charge in [-0.15, -0.1) is 11.3 Å². The van der Waals surface area contributed by atoms with Gasteiger partial charge in [0.05, 0.1) is 5.56 Å². The summed E-state index contributed by atoms with van der Waals surface area (Å²) in [5.74, 6) is 0.116. The Morgan fingerprint density at radius 1 is 1.06 bits per heavy atom. The van der Waals surface area contributed by atoms with Crippen molar-refractivity contribution in [2.24, 2.45) is 4.99 Å². The van der Waals surface area contributed by atoms with E-state index in [2.05, 4.69) is 11.4 Å². The van der Waals surface area contributed by atoms with E-state index in [1.807, 2.05) is 32.0 Å². The predicted molar refractivity (Wildman–Crippen MR) is 129 cm³/mol. The summed E-state index contributed by atoms with van der Waals surface area (Å²) in [6.45, 7) is 4.04. The molecule has 160 valence electrons.